The van der Waals surface area contributed by atoms with Crippen molar-refractivity contribution in [2.75, 3.05) is 19.0 Å². The number of benzene rings is 1. The number of nitriles is 1. The fraction of sp³-hybridized carbons (Fsp3) is 0.562. The van der Waals surface area contributed by atoms with Crippen LogP contribution in [0.2, 0.25) is 0 Å². The van der Waals surface area contributed by atoms with Crippen LogP contribution in [0.4, 0.5) is 5.69 Å². The smallest absolute Gasteiger partial charge is 0.0713 e. The maximum Gasteiger partial charge on any atom is 0.0713 e. The van der Waals surface area contributed by atoms with Crippen molar-refractivity contribution in [2.24, 2.45) is 5.41 Å². The molecule has 0 aliphatic heterocycles. The lowest BCUT2D eigenvalue weighted by molar-refractivity contribution is 0.185. The average Bonchev–Trinajstić information content (AvgIpc) is 2.39. The van der Waals surface area contributed by atoms with E-state index in [4.69, 9.17) is 10.00 Å². The van der Waals surface area contributed by atoms with Gasteiger partial charge in [-0.2, -0.15) is 5.26 Å². The van der Waals surface area contributed by atoms with Crippen LogP contribution in [0.3, 0.4) is 0 Å². The van der Waals surface area contributed by atoms with Crippen LogP contribution in [0.1, 0.15) is 38.7 Å². The van der Waals surface area contributed by atoms with Gasteiger partial charge < -0.3 is 10.1 Å². The summed E-state index contributed by atoms with van der Waals surface area (Å²) in [6.45, 7) is 5.58. The molecule has 0 unspecified atom stereocenters. The van der Waals surface area contributed by atoms with E-state index in [1.807, 2.05) is 19.9 Å². The largest absolute Gasteiger partial charge is 0.385 e. The summed E-state index contributed by atoms with van der Waals surface area (Å²) in [5.41, 5.74) is 2.12. The van der Waals surface area contributed by atoms with Gasteiger partial charge in [0, 0.05) is 19.3 Å². The van der Waals surface area contributed by atoms with Gasteiger partial charge in [0.1, 0.15) is 0 Å². The lowest BCUT2D eigenvalue weighted by atomic mass is 9.89. The fourth-order valence-corrected chi connectivity index (χ4v) is 1.92. The molecule has 0 aliphatic carbocycles. The third kappa shape index (κ3) is 6.26. The number of hydrogen-bond acceptors (Lipinski definition) is 3. The van der Waals surface area contributed by atoms with Crippen molar-refractivity contribution < 1.29 is 4.74 Å². The number of ether oxygens (including phenoxy) is 1. The number of rotatable bonds is 8. The first-order valence-electron chi connectivity index (χ1n) is 6.80. The molecule has 1 aromatic carbocycles. The van der Waals surface area contributed by atoms with Crippen molar-refractivity contribution >= 4 is 5.69 Å². The number of anilines is 1. The summed E-state index contributed by atoms with van der Waals surface area (Å²) in [6.07, 6.45) is 3.11. The number of nitrogens with zero attached hydrogens (tertiary/aromatic N) is 1. The van der Waals surface area contributed by atoms with Crippen molar-refractivity contribution in [2.45, 2.75) is 39.7 Å². The lowest BCUT2D eigenvalue weighted by Crippen LogP contribution is -2.09. The average molecular weight is 260 g/mol. The first-order chi connectivity index (χ1) is 9.07. The van der Waals surface area contributed by atoms with Crippen LogP contribution in [-0.2, 0) is 11.3 Å². The van der Waals surface area contributed by atoms with Crippen molar-refractivity contribution in [3.05, 3.63) is 29.8 Å². The summed E-state index contributed by atoms with van der Waals surface area (Å²) in [5.74, 6) is 0. The van der Waals surface area contributed by atoms with Gasteiger partial charge in [0.2, 0.25) is 0 Å². The summed E-state index contributed by atoms with van der Waals surface area (Å²) in [7, 11) is 1.71. The molecule has 0 saturated heterocycles. The maximum absolute atomic E-state index is 8.93. The Kier molecular flexibility index (Phi) is 6.38. The molecule has 0 atom stereocenters. The minimum Gasteiger partial charge on any atom is -0.385 e. The minimum absolute atomic E-state index is 0.196. The predicted molar refractivity (Wildman–Crippen MR) is 78.9 cm³/mol. The van der Waals surface area contributed by atoms with E-state index >= 15 is 0 Å². The van der Waals surface area contributed by atoms with E-state index in [9.17, 15) is 0 Å². The van der Waals surface area contributed by atoms with Crippen LogP contribution in [-0.4, -0.2) is 13.7 Å². The van der Waals surface area contributed by atoms with Gasteiger partial charge in [-0.25, -0.2) is 0 Å². The van der Waals surface area contributed by atoms with Gasteiger partial charge in [0.25, 0.3) is 0 Å². The molecule has 104 valence electrons. The Morgan fingerprint density at radius 2 is 2.11 bits per heavy atom. The van der Waals surface area contributed by atoms with E-state index < -0.39 is 0 Å². The monoisotopic (exact) mass is 260 g/mol. The highest BCUT2D eigenvalue weighted by molar-refractivity contribution is 5.45. The van der Waals surface area contributed by atoms with Crippen LogP contribution >= 0.6 is 0 Å². The number of methoxy groups -OCH3 is 1. The predicted octanol–water partition coefficient (Wildman–Crippen LogP) is 3.96. The Morgan fingerprint density at radius 3 is 2.79 bits per heavy atom. The zero-order valence-corrected chi connectivity index (χ0v) is 12.2. The van der Waals surface area contributed by atoms with Gasteiger partial charge in [-0.1, -0.05) is 18.6 Å². The first kappa shape index (κ1) is 15.5. The van der Waals surface area contributed by atoms with Crippen LogP contribution in [0.15, 0.2) is 24.3 Å². The lowest BCUT2D eigenvalue weighted by Gasteiger charge is -2.14. The molecular formula is C16H24N2O. The van der Waals surface area contributed by atoms with E-state index in [0.29, 0.717) is 6.61 Å². The highest BCUT2D eigenvalue weighted by Crippen LogP contribution is 2.21. The van der Waals surface area contributed by atoms with Gasteiger partial charge in [-0.3, -0.25) is 0 Å². The van der Waals surface area contributed by atoms with Crippen LogP contribution in [0.25, 0.3) is 0 Å². The van der Waals surface area contributed by atoms with E-state index in [2.05, 4.69) is 29.6 Å². The standard InChI is InChI=1S/C16H24N2O/c1-16(2,13-17)9-4-5-10-18-15-8-6-7-14(11-15)12-19-3/h6-8,11,18H,4-5,9-10,12H2,1-3H3. The highest BCUT2D eigenvalue weighted by Gasteiger charge is 2.15. The first-order valence-corrected chi connectivity index (χ1v) is 6.80. The molecule has 3 nitrogen and oxygen atoms in total. The fourth-order valence-electron chi connectivity index (χ4n) is 1.92. The van der Waals surface area contributed by atoms with Crippen LogP contribution < -0.4 is 5.32 Å². The second-order valence-corrected chi connectivity index (χ2v) is 5.51. The van der Waals surface area contributed by atoms with Gasteiger partial charge in [0.15, 0.2) is 0 Å². The van der Waals surface area contributed by atoms with Gasteiger partial charge in [0.05, 0.1) is 18.1 Å². The van der Waals surface area contributed by atoms with Crippen molar-refractivity contribution in [1.82, 2.24) is 0 Å². The summed E-state index contributed by atoms with van der Waals surface area (Å²) in [6, 6.07) is 10.6. The second-order valence-electron chi connectivity index (χ2n) is 5.51. The Morgan fingerprint density at radius 1 is 1.32 bits per heavy atom. The molecule has 0 fully saturated rings. The molecule has 0 amide bonds. The number of hydrogen-bond donors (Lipinski definition) is 1. The van der Waals surface area contributed by atoms with E-state index in [0.717, 1.165) is 31.5 Å². The van der Waals surface area contributed by atoms with Crippen LogP contribution in [0.5, 0.6) is 0 Å². The number of unbranched alkanes of at least 4 members (excludes halogenated alkanes) is 1. The SMILES string of the molecule is COCc1cccc(NCCCCC(C)(C)C#N)c1. The summed E-state index contributed by atoms with van der Waals surface area (Å²) < 4.78 is 5.12. The molecule has 0 bridgehead atoms. The molecule has 0 spiro atoms. The Bertz CT molecular complexity index is 421. The van der Waals surface area contributed by atoms with Crippen molar-refractivity contribution in [1.29, 1.82) is 5.26 Å². The topological polar surface area (TPSA) is 45.0 Å². The van der Waals surface area contributed by atoms with E-state index in [1.165, 1.54) is 5.56 Å². The third-order valence-corrected chi connectivity index (χ3v) is 3.10. The van der Waals surface area contributed by atoms with Crippen molar-refractivity contribution in [3.8, 4) is 6.07 Å². The van der Waals surface area contributed by atoms with E-state index in [1.54, 1.807) is 7.11 Å². The molecule has 0 heterocycles. The van der Waals surface area contributed by atoms with Crippen molar-refractivity contribution in [3.63, 3.8) is 0 Å². The number of nitrogens with one attached hydrogen (secondary N) is 1. The minimum atomic E-state index is -0.196. The second kappa shape index (κ2) is 7.81. The molecule has 0 saturated carbocycles. The Labute approximate surface area is 116 Å². The van der Waals surface area contributed by atoms with E-state index in [-0.39, 0.29) is 5.41 Å². The summed E-state index contributed by atoms with van der Waals surface area (Å²) in [5, 5.41) is 12.3. The Hall–Kier alpha value is -1.53. The molecule has 1 rings (SSSR count). The maximum atomic E-state index is 8.93. The van der Waals surface area contributed by atoms with Gasteiger partial charge >= 0.3 is 0 Å². The zero-order chi connectivity index (χ0) is 14.1. The molecule has 1 N–H and O–H groups in total. The van der Waals surface area contributed by atoms with Gasteiger partial charge in [-0.05, 0) is 44.4 Å². The zero-order valence-electron chi connectivity index (χ0n) is 12.2. The molecule has 19 heavy (non-hydrogen) atoms. The molecule has 0 radical (unpaired) electrons. The summed E-state index contributed by atoms with van der Waals surface area (Å²) >= 11 is 0. The molecular weight excluding hydrogens is 236 g/mol. The molecule has 0 aliphatic rings. The molecule has 3 heteroatoms. The molecule has 0 aromatic heterocycles. The summed E-state index contributed by atoms with van der Waals surface area (Å²) in [4.78, 5) is 0. The highest BCUT2D eigenvalue weighted by atomic mass is 16.5. The third-order valence-electron chi connectivity index (χ3n) is 3.10. The molecule has 1 aromatic rings. The Balaban J connectivity index is 2.26. The normalized spacial score (nSPS) is 11.1. The van der Waals surface area contributed by atoms with Crippen LogP contribution in [0, 0.1) is 16.7 Å². The van der Waals surface area contributed by atoms with Gasteiger partial charge in [-0.15, -0.1) is 0 Å². The quantitative estimate of drug-likeness (QED) is 0.719.